The number of nitrogens with one attached hydrogen (secondary N) is 1. The predicted molar refractivity (Wildman–Crippen MR) is 75.9 cm³/mol. The molecule has 1 atom stereocenters. The minimum absolute atomic E-state index is 0.0327. The monoisotopic (exact) mass is 294 g/mol. The van der Waals surface area contributed by atoms with Crippen LogP contribution in [0.2, 0.25) is 0 Å². The van der Waals surface area contributed by atoms with Crippen molar-refractivity contribution < 1.29 is 13.2 Å². The van der Waals surface area contributed by atoms with Gasteiger partial charge in [-0.3, -0.25) is 4.98 Å². The van der Waals surface area contributed by atoms with Crippen molar-refractivity contribution >= 4 is 0 Å². The molecule has 1 heterocycles. The summed E-state index contributed by atoms with van der Waals surface area (Å²) in [5.41, 5.74) is 1.99. The van der Waals surface area contributed by atoms with Crippen LogP contribution in [0.1, 0.15) is 28.3 Å². The van der Waals surface area contributed by atoms with Gasteiger partial charge in [-0.15, -0.1) is 0 Å². The zero-order valence-corrected chi connectivity index (χ0v) is 11.9. The maximum atomic E-state index is 12.7. The van der Waals surface area contributed by atoms with Crippen molar-refractivity contribution in [1.29, 1.82) is 0 Å². The molecular formula is C16H17F3N2. The topological polar surface area (TPSA) is 24.9 Å². The van der Waals surface area contributed by atoms with Crippen molar-refractivity contribution in [2.24, 2.45) is 0 Å². The Morgan fingerprint density at radius 1 is 1.14 bits per heavy atom. The minimum Gasteiger partial charge on any atom is -0.313 e. The number of alkyl halides is 3. The third-order valence-electron chi connectivity index (χ3n) is 3.51. The van der Waals surface area contributed by atoms with E-state index in [1.165, 1.54) is 6.07 Å². The maximum Gasteiger partial charge on any atom is 0.416 e. The number of aromatic nitrogens is 1. The molecule has 0 amide bonds. The van der Waals surface area contributed by atoms with Crippen molar-refractivity contribution in [3.63, 3.8) is 0 Å². The Kier molecular flexibility index (Phi) is 4.63. The quantitative estimate of drug-likeness (QED) is 0.924. The summed E-state index contributed by atoms with van der Waals surface area (Å²) in [7, 11) is 1.81. The highest BCUT2D eigenvalue weighted by molar-refractivity contribution is 5.35. The normalized spacial score (nSPS) is 13.2. The first-order valence-corrected chi connectivity index (χ1v) is 6.65. The van der Waals surface area contributed by atoms with E-state index in [1.54, 1.807) is 25.4 Å². The molecule has 0 aliphatic carbocycles. The molecule has 0 radical (unpaired) electrons. The smallest absolute Gasteiger partial charge is 0.313 e. The van der Waals surface area contributed by atoms with Gasteiger partial charge in [0, 0.05) is 18.4 Å². The molecule has 0 aliphatic heterocycles. The van der Waals surface area contributed by atoms with Gasteiger partial charge in [-0.25, -0.2) is 0 Å². The summed E-state index contributed by atoms with van der Waals surface area (Å²) < 4.78 is 38.1. The molecule has 1 aromatic carbocycles. The number of rotatable bonds is 4. The first-order chi connectivity index (χ1) is 9.91. The van der Waals surface area contributed by atoms with Gasteiger partial charge in [0.1, 0.15) is 0 Å². The van der Waals surface area contributed by atoms with Crippen LogP contribution in [0.15, 0.2) is 42.7 Å². The van der Waals surface area contributed by atoms with Crippen LogP contribution in [0.4, 0.5) is 13.2 Å². The highest BCUT2D eigenvalue weighted by Gasteiger charge is 2.31. The van der Waals surface area contributed by atoms with Gasteiger partial charge in [-0.2, -0.15) is 13.2 Å². The molecule has 21 heavy (non-hydrogen) atoms. The first-order valence-electron chi connectivity index (χ1n) is 6.65. The number of hydrogen-bond acceptors (Lipinski definition) is 2. The molecule has 0 saturated heterocycles. The van der Waals surface area contributed by atoms with Gasteiger partial charge < -0.3 is 5.32 Å². The SMILES string of the molecule is CNC(Cc1ccncc1)c1ccc(C(F)(F)F)cc1C. The van der Waals surface area contributed by atoms with E-state index in [0.29, 0.717) is 12.0 Å². The lowest BCUT2D eigenvalue weighted by Crippen LogP contribution is -2.20. The van der Waals surface area contributed by atoms with E-state index in [4.69, 9.17) is 0 Å². The highest BCUT2D eigenvalue weighted by Crippen LogP contribution is 2.32. The molecule has 0 fully saturated rings. The summed E-state index contributed by atoms with van der Waals surface area (Å²) in [4.78, 5) is 3.96. The fourth-order valence-electron chi connectivity index (χ4n) is 2.37. The van der Waals surface area contributed by atoms with E-state index in [-0.39, 0.29) is 6.04 Å². The van der Waals surface area contributed by atoms with Gasteiger partial charge in [-0.05, 0) is 61.3 Å². The number of pyridine rings is 1. The van der Waals surface area contributed by atoms with Crippen LogP contribution in [0.5, 0.6) is 0 Å². The van der Waals surface area contributed by atoms with Crippen LogP contribution in [0, 0.1) is 6.92 Å². The van der Waals surface area contributed by atoms with Crippen LogP contribution in [-0.4, -0.2) is 12.0 Å². The first kappa shape index (κ1) is 15.5. The Hall–Kier alpha value is -1.88. The summed E-state index contributed by atoms with van der Waals surface area (Å²) in [5, 5.41) is 3.16. The van der Waals surface area contributed by atoms with Crippen molar-refractivity contribution in [3.05, 3.63) is 65.0 Å². The molecule has 1 aromatic heterocycles. The molecule has 0 saturated carbocycles. The molecule has 2 nitrogen and oxygen atoms in total. The summed E-state index contributed by atoms with van der Waals surface area (Å²) in [5.74, 6) is 0. The van der Waals surface area contributed by atoms with Crippen molar-refractivity contribution in [2.75, 3.05) is 7.05 Å². The van der Waals surface area contributed by atoms with Crippen LogP contribution in [-0.2, 0) is 12.6 Å². The van der Waals surface area contributed by atoms with Crippen LogP contribution in [0.25, 0.3) is 0 Å². The Bertz CT molecular complexity index is 594. The number of hydrogen-bond donors (Lipinski definition) is 1. The van der Waals surface area contributed by atoms with Gasteiger partial charge in [0.25, 0.3) is 0 Å². The second kappa shape index (κ2) is 6.26. The Balaban J connectivity index is 2.26. The van der Waals surface area contributed by atoms with Gasteiger partial charge in [-0.1, -0.05) is 6.07 Å². The van der Waals surface area contributed by atoms with E-state index in [0.717, 1.165) is 17.2 Å². The van der Waals surface area contributed by atoms with E-state index in [1.807, 2.05) is 19.2 Å². The van der Waals surface area contributed by atoms with Crippen molar-refractivity contribution in [2.45, 2.75) is 25.6 Å². The lowest BCUT2D eigenvalue weighted by atomic mass is 9.94. The Morgan fingerprint density at radius 2 is 1.81 bits per heavy atom. The average molecular weight is 294 g/mol. The summed E-state index contributed by atoms with van der Waals surface area (Å²) >= 11 is 0. The zero-order chi connectivity index (χ0) is 15.5. The lowest BCUT2D eigenvalue weighted by Gasteiger charge is -2.20. The van der Waals surface area contributed by atoms with E-state index < -0.39 is 11.7 Å². The molecular weight excluding hydrogens is 277 g/mol. The molecule has 2 rings (SSSR count). The predicted octanol–water partition coefficient (Wildman–Crippen LogP) is 3.91. The molecule has 0 aliphatic rings. The largest absolute Gasteiger partial charge is 0.416 e. The Morgan fingerprint density at radius 3 is 2.33 bits per heavy atom. The molecule has 1 N–H and O–H groups in total. The highest BCUT2D eigenvalue weighted by atomic mass is 19.4. The fraction of sp³-hybridized carbons (Fsp3) is 0.312. The van der Waals surface area contributed by atoms with Crippen LogP contribution in [0.3, 0.4) is 0 Å². The molecule has 5 heteroatoms. The van der Waals surface area contributed by atoms with E-state index in [9.17, 15) is 13.2 Å². The third kappa shape index (κ3) is 3.82. The number of nitrogens with zero attached hydrogens (tertiary/aromatic N) is 1. The third-order valence-corrected chi connectivity index (χ3v) is 3.51. The van der Waals surface area contributed by atoms with Gasteiger partial charge in [0.15, 0.2) is 0 Å². The maximum absolute atomic E-state index is 12.7. The van der Waals surface area contributed by atoms with Gasteiger partial charge >= 0.3 is 6.18 Å². The van der Waals surface area contributed by atoms with E-state index in [2.05, 4.69) is 10.3 Å². The minimum atomic E-state index is -4.30. The second-order valence-electron chi connectivity index (χ2n) is 4.97. The molecule has 0 bridgehead atoms. The average Bonchev–Trinajstić information content (AvgIpc) is 2.45. The number of benzene rings is 1. The Labute approximate surface area is 122 Å². The fourth-order valence-corrected chi connectivity index (χ4v) is 2.37. The summed E-state index contributed by atoms with van der Waals surface area (Å²) in [6.07, 6.45) is -0.182. The summed E-state index contributed by atoms with van der Waals surface area (Å²) in [6.45, 7) is 1.71. The lowest BCUT2D eigenvalue weighted by molar-refractivity contribution is -0.137. The standard InChI is InChI=1S/C16H17F3N2/c1-11-9-13(16(17,18)19)3-4-14(11)15(20-2)10-12-5-7-21-8-6-12/h3-9,15,20H,10H2,1-2H3. The number of likely N-dealkylation sites (N-methyl/N-ethyl adjacent to an activating group) is 1. The molecule has 2 aromatic rings. The van der Waals surface area contributed by atoms with Crippen LogP contribution >= 0.6 is 0 Å². The van der Waals surface area contributed by atoms with Gasteiger partial charge in [0.05, 0.1) is 5.56 Å². The van der Waals surface area contributed by atoms with Crippen LogP contribution < -0.4 is 5.32 Å². The molecule has 112 valence electrons. The molecule has 1 unspecified atom stereocenters. The molecule has 0 spiro atoms. The number of aryl methyl sites for hydroxylation is 1. The van der Waals surface area contributed by atoms with Gasteiger partial charge in [0.2, 0.25) is 0 Å². The van der Waals surface area contributed by atoms with E-state index >= 15 is 0 Å². The second-order valence-corrected chi connectivity index (χ2v) is 4.97. The van der Waals surface area contributed by atoms with Crippen molar-refractivity contribution in [1.82, 2.24) is 10.3 Å². The summed E-state index contributed by atoms with van der Waals surface area (Å²) in [6, 6.07) is 7.68. The number of halogens is 3. The zero-order valence-electron chi connectivity index (χ0n) is 11.9. The van der Waals surface area contributed by atoms with Crippen molar-refractivity contribution in [3.8, 4) is 0 Å².